The largest absolute Gasteiger partial charge is 0.444 e. The SMILES string of the molecule is CC(C)(C)OC(=O)N1C2CCC(C2)C1C(=O)N1CCCC1.CC(C)N(C(=O)c1cc(F)ccc1-n1cc(C=O)c2ccncc21)C(C)C. The molecule has 1 aliphatic carbocycles. The summed E-state index contributed by atoms with van der Waals surface area (Å²) < 4.78 is 21.3. The lowest BCUT2D eigenvalue weighted by Crippen LogP contribution is -2.54. The van der Waals surface area contributed by atoms with Crippen LogP contribution in [0.5, 0.6) is 0 Å². The number of piperidine rings is 1. The molecule has 2 aliphatic heterocycles. The second-order valence-electron chi connectivity index (χ2n) is 14.6. The van der Waals surface area contributed by atoms with Crippen LogP contribution in [0.4, 0.5) is 9.18 Å². The van der Waals surface area contributed by atoms with E-state index in [-0.39, 0.29) is 47.6 Å². The molecule has 2 bridgehead atoms. The van der Waals surface area contributed by atoms with Gasteiger partial charge in [-0.3, -0.25) is 24.3 Å². The third-order valence-electron chi connectivity index (χ3n) is 9.42. The maximum Gasteiger partial charge on any atom is 0.411 e. The van der Waals surface area contributed by atoms with Gasteiger partial charge in [-0.05, 0) is 111 Å². The Morgan fingerprint density at radius 2 is 1.73 bits per heavy atom. The van der Waals surface area contributed by atoms with Crippen molar-refractivity contribution in [2.24, 2.45) is 5.92 Å². The van der Waals surface area contributed by atoms with E-state index in [1.807, 2.05) is 53.4 Å². The number of aromatic nitrogens is 2. The van der Waals surface area contributed by atoms with Crippen LogP contribution in [0.25, 0.3) is 16.6 Å². The van der Waals surface area contributed by atoms with Crippen LogP contribution in [-0.2, 0) is 9.53 Å². The number of nitrogens with zero attached hydrogens (tertiary/aromatic N) is 5. The van der Waals surface area contributed by atoms with Gasteiger partial charge in [0.1, 0.15) is 17.5 Å². The van der Waals surface area contributed by atoms with E-state index in [1.54, 1.807) is 45.1 Å². The Labute approximate surface area is 282 Å². The topological polar surface area (TPSA) is 105 Å². The Morgan fingerprint density at radius 1 is 1.04 bits per heavy atom. The normalized spacial score (nSPS) is 20.3. The molecule has 3 aromatic rings. The van der Waals surface area contributed by atoms with E-state index in [4.69, 9.17) is 4.74 Å². The van der Waals surface area contributed by atoms with Crippen molar-refractivity contribution in [1.29, 1.82) is 0 Å². The molecule has 2 aromatic heterocycles. The van der Waals surface area contributed by atoms with Crippen LogP contribution < -0.4 is 0 Å². The monoisotopic (exact) mass is 661 g/mol. The lowest BCUT2D eigenvalue weighted by molar-refractivity contribution is -0.137. The maximum atomic E-state index is 14.0. The summed E-state index contributed by atoms with van der Waals surface area (Å²) in [5.74, 6) is -0.270. The van der Waals surface area contributed by atoms with E-state index in [9.17, 15) is 23.6 Å². The van der Waals surface area contributed by atoms with Crippen molar-refractivity contribution in [3.63, 3.8) is 0 Å². The van der Waals surface area contributed by atoms with E-state index < -0.39 is 11.4 Å². The standard InChI is InChI=1S/C21H22FN3O2.C16H26N2O3/c1-13(2)25(14(3)4)21(27)18-9-16(22)5-6-19(18)24-11-15(12-26)17-7-8-23-10-20(17)24;1-16(2,3)21-15(20)18-12-7-6-11(10-12)13(18)14(19)17-8-4-5-9-17/h5-14H,1-4H3;11-13H,4-10H2,1-3H3. The Balaban J connectivity index is 0.000000194. The number of amides is 3. The minimum atomic E-state index is -0.514. The molecule has 11 heteroatoms. The first-order valence-corrected chi connectivity index (χ1v) is 17.0. The molecule has 6 rings (SSSR count). The number of ether oxygens (including phenoxy) is 1. The minimum absolute atomic E-state index is 0.0396. The number of hydrogen-bond acceptors (Lipinski definition) is 6. The minimum Gasteiger partial charge on any atom is -0.444 e. The Hall–Kier alpha value is -4.28. The number of carbonyl (C=O) groups excluding carboxylic acids is 4. The van der Waals surface area contributed by atoms with Crippen molar-refractivity contribution < 1.29 is 28.3 Å². The molecule has 2 saturated heterocycles. The molecule has 3 atom stereocenters. The van der Waals surface area contributed by atoms with Crippen molar-refractivity contribution in [2.45, 2.75) is 110 Å². The van der Waals surface area contributed by atoms with Gasteiger partial charge < -0.3 is 19.1 Å². The number of fused-ring (bicyclic) bond motifs is 3. The first-order valence-electron chi connectivity index (χ1n) is 17.0. The van der Waals surface area contributed by atoms with Gasteiger partial charge in [0.2, 0.25) is 5.91 Å². The highest BCUT2D eigenvalue weighted by Crippen LogP contribution is 2.44. The molecule has 258 valence electrons. The molecule has 0 N–H and O–H groups in total. The van der Waals surface area contributed by atoms with Crippen molar-refractivity contribution in [3.8, 4) is 5.69 Å². The number of likely N-dealkylation sites (tertiary alicyclic amines) is 2. The molecule has 4 heterocycles. The van der Waals surface area contributed by atoms with Crippen LogP contribution in [0.2, 0.25) is 0 Å². The van der Waals surface area contributed by atoms with Gasteiger partial charge in [-0.1, -0.05) is 0 Å². The highest BCUT2D eigenvalue weighted by Gasteiger charge is 2.53. The van der Waals surface area contributed by atoms with Crippen LogP contribution in [0.3, 0.4) is 0 Å². The second-order valence-corrected chi connectivity index (χ2v) is 14.6. The summed E-state index contributed by atoms with van der Waals surface area (Å²) in [6, 6.07) is 5.70. The fourth-order valence-corrected chi connectivity index (χ4v) is 7.50. The van der Waals surface area contributed by atoms with Gasteiger partial charge >= 0.3 is 6.09 Å². The van der Waals surface area contributed by atoms with E-state index in [1.165, 1.54) is 12.1 Å². The van der Waals surface area contributed by atoms with Crippen molar-refractivity contribution in [2.75, 3.05) is 13.1 Å². The Morgan fingerprint density at radius 3 is 2.35 bits per heavy atom. The number of halogens is 1. The molecule has 0 radical (unpaired) electrons. The second kappa shape index (κ2) is 14.1. The number of carbonyl (C=O) groups is 4. The van der Waals surface area contributed by atoms with Crippen LogP contribution in [0, 0.1) is 11.7 Å². The Kier molecular flexibility index (Phi) is 10.3. The molecule has 0 spiro atoms. The van der Waals surface area contributed by atoms with Gasteiger partial charge in [0, 0.05) is 54.6 Å². The lowest BCUT2D eigenvalue weighted by Gasteiger charge is -2.37. The van der Waals surface area contributed by atoms with Crippen LogP contribution in [0.1, 0.15) is 101 Å². The van der Waals surface area contributed by atoms with Gasteiger partial charge in [0.25, 0.3) is 5.91 Å². The van der Waals surface area contributed by atoms with Gasteiger partial charge in [0.15, 0.2) is 6.29 Å². The molecule has 3 unspecified atom stereocenters. The molecular weight excluding hydrogens is 613 g/mol. The Bertz CT molecular complexity index is 1660. The fourth-order valence-electron chi connectivity index (χ4n) is 7.50. The predicted octanol–water partition coefficient (Wildman–Crippen LogP) is 6.63. The number of hydrogen-bond donors (Lipinski definition) is 0. The number of aldehydes is 1. The zero-order chi connectivity index (χ0) is 34.9. The third-order valence-corrected chi connectivity index (χ3v) is 9.42. The smallest absolute Gasteiger partial charge is 0.411 e. The lowest BCUT2D eigenvalue weighted by atomic mass is 9.97. The van der Waals surface area contributed by atoms with Crippen molar-refractivity contribution >= 4 is 35.1 Å². The molecule has 3 amide bonds. The highest BCUT2D eigenvalue weighted by molar-refractivity contribution is 6.01. The number of rotatable bonds is 6. The summed E-state index contributed by atoms with van der Waals surface area (Å²) in [7, 11) is 0. The molecular formula is C37H48FN5O5. The summed E-state index contributed by atoms with van der Waals surface area (Å²) in [6.45, 7) is 15.0. The van der Waals surface area contributed by atoms with Crippen LogP contribution in [-0.4, -0.2) is 91.3 Å². The first kappa shape index (κ1) is 35.0. The van der Waals surface area contributed by atoms with Crippen molar-refractivity contribution in [3.05, 3.63) is 59.8 Å². The quantitative estimate of drug-likeness (QED) is 0.275. The first-order chi connectivity index (χ1) is 22.7. The van der Waals surface area contributed by atoms with Crippen LogP contribution >= 0.6 is 0 Å². The molecule has 3 fully saturated rings. The summed E-state index contributed by atoms with van der Waals surface area (Å²) in [5.41, 5.74) is 1.41. The van der Waals surface area contributed by atoms with E-state index in [2.05, 4.69) is 4.98 Å². The highest BCUT2D eigenvalue weighted by atomic mass is 19.1. The summed E-state index contributed by atoms with van der Waals surface area (Å²) in [5, 5.41) is 0.729. The van der Waals surface area contributed by atoms with Gasteiger partial charge in [-0.15, -0.1) is 0 Å². The third kappa shape index (κ3) is 7.10. The molecule has 48 heavy (non-hydrogen) atoms. The van der Waals surface area contributed by atoms with Gasteiger partial charge in [0.05, 0.1) is 23.0 Å². The number of pyridine rings is 1. The fraction of sp³-hybridized carbons (Fsp3) is 0.541. The molecule has 3 aliphatic rings. The average Bonchev–Trinajstić information content (AvgIpc) is 3.84. The zero-order valence-corrected chi connectivity index (χ0v) is 29.1. The zero-order valence-electron chi connectivity index (χ0n) is 29.1. The van der Waals surface area contributed by atoms with Gasteiger partial charge in [-0.2, -0.15) is 0 Å². The van der Waals surface area contributed by atoms with E-state index in [0.29, 0.717) is 22.7 Å². The number of benzene rings is 1. The summed E-state index contributed by atoms with van der Waals surface area (Å²) in [4.78, 5) is 59.5. The summed E-state index contributed by atoms with van der Waals surface area (Å²) in [6.07, 6.45) is 10.5. The van der Waals surface area contributed by atoms with Gasteiger partial charge in [-0.25, -0.2) is 9.18 Å². The van der Waals surface area contributed by atoms with E-state index in [0.717, 1.165) is 56.9 Å². The van der Waals surface area contributed by atoms with E-state index >= 15 is 0 Å². The maximum absolute atomic E-state index is 14.0. The van der Waals surface area contributed by atoms with Crippen LogP contribution in [0.15, 0.2) is 42.9 Å². The molecule has 1 aromatic carbocycles. The molecule has 1 saturated carbocycles. The van der Waals surface area contributed by atoms with Crippen molar-refractivity contribution in [1.82, 2.24) is 24.3 Å². The summed E-state index contributed by atoms with van der Waals surface area (Å²) >= 11 is 0. The molecule has 10 nitrogen and oxygen atoms in total. The average molecular weight is 662 g/mol. The predicted molar refractivity (Wildman–Crippen MR) is 182 cm³/mol.